The van der Waals surface area contributed by atoms with E-state index in [0.29, 0.717) is 11.5 Å². The van der Waals surface area contributed by atoms with Gasteiger partial charge in [0.1, 0.15) is 5.82 Å². The first-order valence-corrected chi connectivity index (χ1v) is 6.46. The minimum absolute atomic E-state index is 0.0264. The van der Waals surface area contributed by atoms with Crippen LogP contribution in [-0.2, 0) is 14.4 Å². The van der Waals surface area contributed by atoms with Crippen LogP contribution in [0, 0.1) is 0 Å². The average molecular weight is 307 g/mol. The smallest absolute Gasteiger partial charge is 0.329 e. The van der Waals surface area contributed by atoms with Crippen LogP contribution in [0.2, 0.25) is 0 Å². The van der Waals surface area contributed by atoms with Crippen molar-refractivity contribution >= 4 is 29.3 Å². The third-order valence-corrected chi connectivity index (χ3v) is 2.30. The first kappa shape index (κ1) is 17.2. The number of amides is 3. The SMILES string of the molecule is C/C(CC(=O)Nc1ccccn1)=N\NC(=O)C(=O)NCCO. The maximum atomic E-state index is 11.7. The lowest BCUT2D eigenvalue weighted by molar-refractivity contribution is -0.139. The molecular formula is C13H17N5O4. The highest BCUT2D eigenvalue weighted by molar-refractivity contribution is 6.35. The van der Waals surface area contributed by atoms with E-state index in [1.807, 2.05) is 5.43 Å². The molecule has 1 rings (SSSR count). The quantitative estimate of drug-likeness (QED) is 0.304. The van der Waals surface area contributed by atoms with Gasteiger partial charge in [-0.15, -0.1) is 0 Å². The largest absolute Gasteiger partial charge is 0.395 e. The molecule has 3 amide bonds. The number of pyridine rings is 1. The van der Waals surface area contributed by atoms with E-state index in [-0.39, 0.29) is 25.5 Å². The number of carbonyl (C=O) groups excluding carboxylic acids is 3. The Morgan fingerprint density at radius 2 is 2.05 bits per heavy atom. The minimum Gasteiger partial charge on any atom is -0.395 e. The molecule has 22 heavy (non-hydrogen) atoms. The maximum absolute atomic E-state index is 11.7. The summed E-state index contributed by atoms with van der Waals surface area (Å²) in [4.78, 5) is 38.1. The molecule has 4 N–H and O–H groups in total. The first-order valence-electron chi connectivity index (χ1n) is 6.46. The van der Waals surface area contributed by atoms with Gasteiger partial charge in [0.15, 0.2) is 0 Å². The number of aromatic nitrogens is 1. The number of hydrogen-bond donors (Lipinski definition) is 4. The van der Waals surface area contributed by atoms with Crippen molar-refractivity contribution in [1.29, 1.82) is 0 Å². The average Bonchev–Trinajstić information content (AvgIpc) is 2.51. The Balaban J connectivity index is 2.40. The topological polar surface area (TPSA) is 133 Å². The zero-order valence-corrected chi connectivity index (χ0v) is 12.0. The number of rotatable bonds is 6. The van der Waals surface area contributed by atoms with Gasteiger partial charge in [0.2, 0.25) is 5.91 Å². The van der Waals surface area contributed by atoms with Crippen molar-refractivity contribution in [1.82, 2.24) is 15.7 Å². The van der Waals surface area contributed by atoms with Gasteiger partial charge in [-0.2, -0.15) is 5.10 Å². The Kier molecular flexibility index (Phi) is 7.20. The molecule has 0 aromatic carbocycles. The molecule has 9 heteroatoms. The van der Waals surface area contributed by atoms with Crippen molar-refractivity contribution in [2.75, 3.05) is 18.5 Å². The lowest BCUT2D eigenvalue weighted by Gasteiger charge is -2.04. The summed E-state index contributed by atoms with van der Waals surface area (Å²) in [7, 11) is 0. The Labute approximate surface area is 126 Å². The molecule has 9 nitrogen and oxygen atoms in total. The van der Waals surface area contributed by atoms with Gasteiger partial charge >= 0.3 is 11.8 Å². The molecular weight excluding hydrogens is 290 g/mol. The number of aliphatic hydroxyl groups excluding tert-OH is 1. The zero-order chi connectivity index (χ0) is 16.4. The molecule has 1 heterocycles. The molecule has 0 aliphatic carbocycles. The summed E-state index contributed by atoms with van der Waals surface area (Å²) in [6, 6.07) is 5.09. The second-order valence-corrected chi connectivity index (χ2v) is 4.21. The number of carbonyl (C=O) groups is 3. The van der Waals surface area contributed by atoms with Crippen LogP contribution in [0.5, 0.6) is 0 Å². The summed E-state index contributed by atoms with van der Waals surface area (Å²) in [6.07, 6.45) is 1.48. The molecule has 0 bridgehead atoms. The highest BCUT2D eigenvalue weighted by Gasteiger charge is 2.12. The van der Waals surface area contributed by atoms with Gasteiger partial charge in [0, 0.05) is 18.5 Å². The fourth-order valence-corrected chi connectivity index (χ4v) is 1.34. The zero-order valence-electron chi connectivity index (χ0n) is 12.0. The van der Waals surface area contributed by atoms with Crippen LogP contribution >= 0.6 is 0 Å². The number of hydrazone groups is 1. The fourth-order valence-electron chi connectivity index (χ4n) is 1.34. The van der Waals surface area contributed by atoms with E-state index in [1.54, 1.807) is 24.4 Å². The fraction of sp³-hybridized carbons (Fsp3) is 0.308. The molecule has 0 saturated heterocycles. The third-order valence-electron chi connectivity index (χ3n) is 2.30. The van der Waals surface area contributed by atoms with E-state index in [4.69, 9.17) is 5.11 Å². The van der Waals surface area contributed by atoms with E-state index >= 15 is 0 Å². The molecule has 118 valence electrons. The number of nitrogens with one attached hydrogen (secondary N) is 3. The Morgan fingerprint density at radius 1 is 1.27 bits per heavy atom. The molecule has 0 saturated carbocycles. The lowest BCUT2D eigenvalue weighted by atomic mass is 10.3. The Hall–Kier alpha value is -2.81. The van der Waals surface area contributed by atoms with Crippen LogP contribution in [0.1, 0.15) is 13.3 Å². The second kappa shape index (κ2) is 9.19. The number of nitrogens with zero attached hydrogens (tertiary/aromatic N) is 2. The molecule has 0 aliphatic heterocycles. The van der Waals surface area contributed by atoms with E-state index in [0.717, 1.165) is 0 Å². The van der Waals surface area contributed by atoms with E-state index in [1.165, 1.54) is 6.92 Å². The minimum atomic E-state index is -0.974. The molecule has 0 atom stereocenters. The van der Waals surface area contributed by atoms with Crippen molar-refractivity contribution in [3.05, 3.63) is 24.4 Å². The monoisotopic (exact) mass is 307 g/mol. The standard InChI is InChI=1S/C13H17N5O4/c1-9(17-18-13(22)12(21)15-6-7-19)8-11(20)16-10-4-2-3-5-14-10/h2-5,19H,6-8H2,1H3,(H,15,21)(H,18,22)(H,14,16,20)/b17-9+. The van der Waals surface area contributed by atoms with Gasteiger partial charge in [0.05, 0.1) is 13.0 Å². The molecule has 1 aromatic heterocycles. The Morgan fingerprint density at radius 3 is 2.68 bits per heavy atom. The number of anilines is 1. The van der Waals surface area contributed by atoms with Crippen molar-refractivity contribution < 1.29 is 19.5 Å². The van der Waals surface area contributed by atoms with E-state index in [2.05, 4.69) is 20.7 Å². The summed E-state index contributed by atoms with van der Waals surface area (Å²) in [5.41, 5.74) is 2.34. The van der Waals surface area contributed by atoms with Crippen LogP contribution in [-0.4, -0.2) is 46.7 Å². The molecule has 0 radical (unpaired) electrons. The van der Waals surface area contributed by atoms with E-state index in [9.17, 15) is 14.4 Å². The summed E-state index contributed by atoms with van der Waals surface area (Å²) in [5, 5.41) is 16.9. The third kappa shape index (κ3) is 6.57. The normalized spacial score (nSPS) is 10.7. The van der Waals surface area contributed by atoms with Crippen LogP contribution in [0.3, 0.4) is 0 Å². The van der Waals surface area contributed by atoms with Crippen molar-refractivity contribution in [3.8, 4) is 0 Å². The molecule has 0 unspecified atom stereocenters. The summed E-state index contributed by atoms with van der Waals surface area (Å²) >= 11 is 0. The summed E-state index contributed by atoms with van der Waals surface area (Å²) in [5.74, 6) is -1.83. The number of hydrogen-bond acceptors (Lipinski definition) is 6. The van der Waals surface area contributed by atoms with Crippen molar-refractivity contribution in [2.24, 2.45) is 5.10 Å². The van der Waals surface area contributed by atoms with Gasteiger partial charge in [-0.3, -0.25) is 14.4 Å². The van der Waals surface area contributed by atoms with Crippen LogP contribution in [0.25, 0.3) is 0 Å². The van der Waals surface area contributed by atoms with Crippen LogP contribution in [0.4, 0.5) is 5.82 Å². The summed E-state index contributed by atoms with van der Waals surface area (Å²) in [6.45, 7) is 1.24. The first-order chi connectivity index (χ1) is 10.5. The molecule has 0 aliphatic rings. The van der Waals surface area contributed by atoms with Gasteiger partial charge in [-0.05, 0) is 19.1 Å². The van der Waals surface area contributed by atoms with Crippen LogP contribution < -0.4 is 16.1 Å². The Bertz CT molecular complexity index is 559. The maximum Gasteiger partial charge on any atom is 0.329 e. The van der Waals surface area contributed by atoms with Gasteiger partial charge < -0.3 is 15.7 Å². The van der Waals surface area contributed by atoms with Gasteiger partial charge in [-0.25, -0.2) is 10.4 Å². The summed E-state index contributed by atoms with van der Waals surface area (Å²) < 4.78 is 0. The highest BCUT2D eigenvalue weighted by Crippen LogP contribution is 2.00. The van der Waals surface area contributed by atoms with Crippen molar-refractivity contribution in [3.63, 3.8) is 0 Å². The molecule has 1 aromatic rings. The highest BCUT2D eigenvalue weighted by atomic mass is 16.3. The molecule has 0 fully saturated rings. The predicted molar refractivity (Wildman–Crippen MR) is 78.8 cm³/mol. The van der Waals surface area contributed by atoms with E-state index < -0.39 is 11.8 Å². The number of aliphatic hydroxyl groups is 1. The van der Waals surface area contributed by atoms with Crippen molar-refractivity contribution in [2.45, 2.75) is 13.3 Å². The van der Waals surface area contributed by atoms with Crippen LogP contribution in [0.15, 0.2) is 29.5 Å². The van der Waals surface area contributed by atoms with Gasteiger partial charge in [0.25, 0.3) is 0 Å². The molecule has 0 spiro atoms. The second-order valence-electron chi connectivity index (χ2n) is 4.21. The lowest BCUT2D eigenvalue weighted by Crippen LogP contribution is -2.39. The predicted octanol–water partition coefficient (Wildman–Crippen LogP) is -0.989. The van der Waals surface area contributed by atoms with Gasteiger partial charge in [-0.1, -0.05) is 6.07 Å².